The summed E-state index contributed by atoms with van der Waals surface area (Å²) in [6, 6.07) is 8.01. The Bertz CT molecular complexity index is 433. The maximum atomic E-state index is 11.5. The van der Waals surface area contributed by atoms with Crippen molar-refractivity contribution < 1.29 is 14.3 Å². The summed E-state index contributed by atoms with van der Waals surface area (Å²) in [6.07, 6.45) is 1.20. The van der Waals surface area contributed by atoms with Gasteiger partial charge in [-0.15, -0.1) is 0 Å². The summed E-state index contributed by atoms with van der Waals surface area (Å²) in [4.78, 5) is 22.7. The van der Waals surface area contributed by atoms with Crippen LogP contribution in [-0.2, 0) is 20.7 Å². The van der Waals surface area contributed by atoms with Crippen LogP contribution in [-0.4, -0.2) is 11.8 Å². The van der Waals surface area contributed by atoms with Crippen LogP contribution in [0.3, 0.4) is 0 Å². The van der Waals surface area contributed by atoms with Crippen LogP contribution in [0, 0.1) is 5.92 Å². The van der Waals surface area contributed by atoms with Gasteiger partial charge in [0.05, 0.1) is 0 Å². The molecule has 1 aromatic rings. The number of ether oxygens (including phenoxy) is 1. The van der Waals surface area contributed by atoms with Gasteiger partial charge < -0.3 is 4.74 Å². The summed E-state index contributed by atoms with van der Waals surface area (Å²) in [7, 11) is 0. The van der Waals surface area contributed by atoms with Crippen molar-refractivity contribution >= 4 is 11.8 Å². The van der Waals surface area contributed by atoms with Crippen LogP contribution in [0.4, 0.5) is 0 Å². The Labute approximate surface area is 101 Å². The standard InChI is InChI=1S/C14H16O3/c1-3-10-4-6-11(7-5-10)13-8-12(9(2)15)14(16)17-13/h4-7,12-13H,3,8H2,1-2H3. The van der Waals surface area contributed by atoms with E-state index in [0.717, 1.165) is 12.0 Å². The van der Waals surface area contributed by atoms with Crippen molar-refractivity contribution in [3.63, 3.8) is 0 Å². The first kappa shape index (κ1) is 11.8. The van der Waals surface area contributed by atoms with Gasteiger partial charge in [0.2, 0.25) is 0 Å². The van der Waals surface area contributed by atoms with Crippen LogP contribution in [0.15, 0.2) is 24.3 Å². The second-order valence-corrected chi connectivity index (χ2v) is 4.42. The molecule has 0 bridgehead atoms. The molecule has 1 fully saturated rings. The predicted octanol–water partition coefficient (Wildman–Crippen LogP) is 2.44. The van der Waals surface area contributed by atoms with Crippen LogP contribution in [0.2, 0.25) is 0 Å². The minimum absolute atomic E-state index is 0.109. The number of carbonyl (C=O) groups excluding carboxylic acids is 2. The Morgan fingerprint density at radius 3 is 2.47 bits per heavy atom. The smallest absolute Gasteiger partial charge is 0.317 e. The van der Waals surface area contributed by atoms with Gasteiger partial charge in [0.1, 0.15) is 17.8 Å². The quantitative estimate of drug-likeness (QED) is 0.594. The van der Waals surface area contributed by atoms with Gasteiger partial charge in [-0.25, -0.2) is 0 Å². The molecule has 0 radical (unpaired) electrons. The molecule has 0 amide bonds. The minimum atomic E-state index is -0.578. The molecule has 1 aliphatic heterocycles. The molecule has 1 saturated heterocycles. The third kappa shape index (κ3) is 2.38. The van der Waals surface area contributed by atoms with Crippen LogP contribution < -0.4 is 0 Å². The maximum Gasteiger partial charge on any atom is 0.317 e. The van der Waals surface area contributed by atoms with Gasteiger partial charge in [-0.05, 0) is 24.5 Å². The molecule has 2 rings (SSSR count). The number of cyclic esters (lactones) is 1. The van der Waals surface area contributed by atoms with E-state index < -0.39 is 5.92 Å². The van der Waals surface area contributed by atoms with Crippen LogP contribution in [0.25, 0.3) is 0 Å². The Balaban J connectivity index is 2.14. The topological polar surface area (TPSA) is 43.4 Å². The number of aryl methyl sites for hydroxylation is 1. The molecule has 17 heavy (non-hydrogen) atoms. The average molecular weight is 232 g/mol. The maximum absolute atomic E-state index is 11.5. The number of carbonyl (C=O) groups is 2. The molecular formula is C14H16O3. The van der Waals surface area contributed by atoms with Crippen molar-refractivity contribution in [2.24, 2.45) is 5.92 Å². The Morgan fingerprint density at radius 2 is 2.00 bits per heavy atom. The van der Waals surface area contributed by atoms with E-state index >= 15 is 0 Å². The van der Waals surface area contributed by atoms with E-state index in [-0.39, 0.29) is 17.9 Å². The van der Waals surface area contributed by atoms with Crippen molar-refractivity contribution in [2.45, 2.75) is 32.8 Å². The minimum Gasteiger partial charge on any atom is -0.457 e. The molecule has 1 heterocycles. The first-order valence-electron chi connectivity index (χ1n) is 5.91. The number of benzene rings is 1. The number of esters is 1. The monoisotopic (exact) mass is 232 g/mol. The molecule has 0 aliphatic carbocycles. The lowest BCUT2D eigenvalue weighted by Gasteiger charge is -2.09. The molecule has 2 atom stereocenters. The first-order chi connectivity index (χ1) is 8.11. The summed E-state index contributed by atoms with van der Waals surface area (Å²) in [5, 5.41) is 0. The largest absolute Gasteiger partial charge is 0.457 e. The van der Waals surface area contributed by atoms with E-state index in [0.29, 0.717) is 6.42 Å². The summed E-state index contributed by atoms with van der Waals surface area (Å²) >= 11 is 0. The molecule has 2 unspecified atom stereocenters. The molecule has 0 spiro atoms. The van der Waals surface area contributed by atoms with Gasteiger partial charge in [-0.3, -0.25) is 9.59 Å². The fraction of sp³-hybridized carbons (Fsp3) is 0.429. The Kier molecular flexibility index (Phi) is 3.27. The molecule has 90 valence electrons. The van der Waals surface area contributed by atoms with Gasteiger partial charge in [-0.2, -0.15) is 0 Å². The van der Waals surface area contributed by atoms with E-state index in [1.165, 1.54) is 12.5 Å². The van der Waals surface area contributed by atoms with Crippen LogP contribution >= 0.6 is 0 Å². The third-order valence-electron chi connectivity index (χ3n) is 3.24. The third-order valence-corrected chi connectivity index (χ3v) is 3.24. The highest BCUT2D eigenvalue weighted by molar-refractivity contribution is 5.98. The van der Waals surface area contributed by atoms with Crippen molar-refractivity contribution in [3.8, 4) is 0 Å². The number of hydrogen-bond donors (Lipinski definition) is 0. The first-order valence-corrected chi connectivity index (χ1v) is 5.91. The highest BCUT2D eigenvalue weighted by atomic mass is 16.6. The van der Waals surface area contributed by atoms with Gasteiger partial charge in [0.15, 0.2) is 0 Å². The predicted molar refractivity (Wildman–Crippen MR) is 63.4 cm³/mol. The molecule has 3 heteroatoms. The molecule has 0 aromatic heterocycles. The summed E-state index contributed by atoms with van der Waals surface area (Å²) in [5.41, 5.74) is 2.22. The van der Waals surface area contributed by atoms with E-state index in [1.807, 2.05) is 24.3 Å². The van der Waals surface area contributed by atoms with Crippen LogP contribution in [0.1, 0.15) is 37.5 Å². The number of hydrogen-bond acceptors (Lipinski definition) is 3. The lowest BCUT2D eigenvalue weighted by molar-refractivity contribution is -0.146. The van der Waals surface area contributed by atoms with Gasteiger partial charge in [0.25, 0.3) is 0 Å². The fourth-order valence-electron chi connectivity index (χ4n) is 2.08. The highest BCUT2D eigenvalue weighted by Crippen LogP contribution is 2.33. The lowest BCUT2D eigenvalue weighted by Crippen LogP contribution is -2.15. The van der Waals surface area contributed by atoms with Crippen molar-refractivity contribution in [1.29, 1.82) is 0 Å². The molecule has 0 N–H and O–H groups in total. The average Bonchev–Trinajstić information content (AvgIpc) is 2.71. The second-order valence-electron chi connectivity index (χ2n) is 4.42. The van der Waals surface area contributed by atoms with E-state index in [2.05, 4.69) is 6.92 Å². The summed E-state index contributed by atoms with van der Waals surface area (Å²) in [6.45, 7) is 3.53. The van der Waals surface area contributed by atoms with Crippen molar-refractivity contribution in [2.75, 3.05) is 0 Å². The molecule has 3 nitrogen and oxygen atoms in total. The number of ketones is 1. The Morgan fingerprint density at radius 1 is 1.35 bits per heavy atom. The molecular weight excluding hydrogens is 216 g/mol. The van der Waals surface area contributed by atoms with E-state index in [4.69, 9.17) is 4.74 Å². The SMILES string of the molecule is CCc1ccc(C2CC(C(C)=O)C(=O)O2)cc1. The molecule has 1 aromatic carbocycles. The van der Waals surface area contributed by atoms with E-state index in [9.17, 15) is 9.59 Å². The zero-order valence-corrected chi connectivity index (χ0v) is 10.1. The van der Waals surface area contributed by atoms with Gasteiger partial charge >= 0.3 is 5.97 Å². The second kappa shape index (κ2) is 4.70. The summed E-state index contributed by atoms with van der Waals surface area (Å²) < 4.78 is 5.24. The van der Waals surface area contributed by atoms with Crippen LogP contribution in [0.5, 0.6) is 0 Å². The zero-order valence-electron chi connectivity index (χ0n) is 10.1. The molecule has 0 saturated carbocycles. The number of Topliss-reactive ketones (excluding diaryl/α,β-unsaturated/α-hetero) is 1. The summed E-state index contributed by atoms with van der Waals surface area (Å²) in [5.74, 6) is -1.07. The normalized spacial score (nSPS) is 23.5. The molecule has 1 aliphatic rings. The lowest BCUT2D eigenvalue weighted by atomic mass is 9.97. The zero-order chi connectivity index (χ0) is 12.4. The number of rotatable bonds is 3. The van der Waals surface area contributed by atoms with E-state index in [1.54, 1.807) is 0 Å². The van der Waals surface area contributed by atoms with Gasteiger partial charge in [0, 0.05) is 6.42 Å². The van der Waals surface area contributed by atoms with Crippen molar-refractivity contribution in [3.05, 3.63) is 35.4 Å². The fourth-order valence-corrected chi connectivity index (χ4v) is 2.08. The van der Waals surface area contributed by atoms with Gasteiger partial charge in [-0.1, -0.05) is 31.2 Å². The highest BCUT2D eigenvalue weighted by Gasteiger charge is 2.38. The Hall–Kier alpha value is -1.64. The van der Waals surface area contributed by atoms with Crippen molar-refractivity contribution in [1.82, 2.24) is 0 Å².